The molecule has 2 unspecified atom stereocenters. The number of ether oxygens (including phenoxy) is 1. The fraction of sp³-hybridized carbons (Fsp3) is 0.889. The summed E-state index contributed by atoms with van der Waals surface area (Å²) in [6.45, 7) is 1.88. The van der Waals surface area contributed by atoms with Crippen molar-refractivity contribution in [1.29, 1.82) is 0 Å². The van der Waals surface area contributed by atoms with E-state index in [-0.39, 0.29) is 24.8 Å². The van der Waals surface area contributed by atoms with Crippen LogP contribution in [0.2, 0.25) is 0 Å². The number of sulfonamides is 1. The molecular weight excluding hydrogens is 234 g/mol. The number of hydrogen-bond acceptors (Lipinski definition) is 4. The Bertz CT molecular complexity index is 353. The summed E-state index contributed by atoms with van der Waals surface area (Å²) in [6, 6.07) is -0.985. The summed E-state index contributed by atoms with van der Waals surface area (Å²) in [5.74, 6) is -1.13. The lowest BCUT2D eigenvalue weighted by Gasteiger charge is -2.20. The Kier molecular flexibility index (Phi) is 4.28. The molecule has 0 aromatic heterocycles. The number of methoxy groups -OCH3 is 1. The molecule has 1 aliphatic rings. The lowest BCUT2D eigenvalue weighted by molar-refractivity contribution is -0.140. The zero-order chi connectivity index (χ0) is 12.3. The summed E-state index contributed by atoms with van der Waals surface area (Å²) >= 11 is 0. The lowest BCUT2D eigenvalue weighted by atomic mass is 10.2. The Labute approximate surface area is 95.2 Å². The van der Waals surface area contributed by atoms with E-state index < -0.39 is 22.0 Å². The largest absolute Gasteiger partial charge is 0.480 e. The summed E-state index contributed by atoms with van der Waals surface area (Å²) < 4.78 is 29.7. The highest BCUT2D eigenvalue weighted by molar-refractivity contribution is 7.89. The maximum Gasteiger partial charge on any atom is 0.322 e. The molecule has 7 heteroatoms. The zero-order valence-electron chi connectivity index (χ0n) is 9.42. The van der Waals surface area contributed by atoms with E-state index >= 15 is 0 Å². The molecule has 0 aromatic rings. The minimum Gasteiger partial charge on any atom is -0.480 e. The van der Waals surface area contributed by atoms with Gasteiger partial charge in [-0.25, -0.2) is 8.42 Å². The summed E-state index contributed by atoms with van der Waals surface area (Å²) in [5.41, 5.74) is 0. The van der Waals surface area contributed by atoms with Crippen LogP contribution in [0.15, 0.2) is 0 Å². The first-order valence-corrected chi connectivity index (χ1v) is 6.78. The Morgan fingerprint density at radius 1 is 1.56 bits per heavy atom. The van der Waals surface area contributed by atoms with Gasteiger partial charge in [-0.3, -0.25) is 4.79 Å². The maximum atomic E-state index is 11.8. The summed E-state index contributed by atoms with van der Waals surface area (Å²) in [7, 11) is -2.02. The number of carboxylic acid groups (broad SMARTS) is 1. The van der Waals surface area contributed by atoms with Gasteiger partial charge in [-0.15, -0.1) is 0 Å². The summed E-state index contributed by atoms with van der Waals surface area (Å²) in [6.07, 6.45) is 0.366. The van der Waals surface area contributed by atoms with Crippen LogP contribution in [0, 0.1) is 0 Å². The van der Waals surface area contributed by atoms with Gasteiger partial charge in [-0.2, -0.15) is 4.31 Å². The molecular formula is C9H17NO5S. The average Bonchev–Trinajstić information content (AvgIpc) is 2.62. The van der Waals surface area contributed by atoms with Crippen LogP contribution >= 0.6 is 0 Å². The van der Waals surface area contributed by atoms with E-state index in [0.29, 0.717) is 6.42 Å². The molecule has 0 radical (unpaired) electrons. The highest BCUT2D eigenvalue weighted by Gasteiger charge is 2.43. The van der Waals surface area contributed by atoms with Crippen LogP contribution in [-0.2, 0) is 19.6 Å². The van der Waals surface area contributed by atoms with Gasteiger partial charge in [-0.1, -0.05) is 6.92 Å². The fourth-order valence-corrected chi connectivity index (χ4v) is 3.55. The molecule has 1 heterocycles. The van der Waals surface area contributed by atoms with Crippen LogP contribution in [0.1, 0.15) is 19.8 Å². The average molecular weight is 251 g/mol. The molecule has 1 aliphatic heterocycles. The van der Waals surface area contributed by atoms with Gasteiger partial charge in [0.15, 0.2) is 0 Å². The smallest absolute Gasteiger partial charge is 0.322 e. The van der Waals surface area contributed by atoms with E-state index in [1.807, 2.05) is 0 Å². The number of carboxylic acids is 1. The normalized spacial score (nSPS) is 27.1. The summed E-state index contributed by atoms with van der Waals surface area (Å²) in [4.78, 5) is 11.0. The first kappa shape index (κ1) is 13.4. The molecule has 94 valence electrons. The van der Waals surface area contributed by atoms with E-state index in [4.69, 9.17) is 9.84 Å². The second kappa shape index (κ2) is 5.11. The second-order valence-electron chi connectivity index (χ2n) is 3.83. The van der Waals surface area contributed by atoms with Crippen LogP contribution < -0.4 is 0 Å². The van der Waals surface area contributed by atoms with Crippen molar-refractivity contribution < 1.29 is 23.1 Å². The van der Waals surface area contributed by atoms with Crippen molar-refractivity contribution in [3.8, 4) is 0 Å². The first-order chi connectivity index (χ1) is 7.42. The molecule has 1 saturated heterocycles. The molecule has 1 fully saturated rings. The molecule has 0 saturated carbocycles. The van der Waals surface area contributed by atoms with Gasteiger partial charge in [0.25, 0.3) is 0 Å². The predicted octanol–water partition coefficient (Wildman–Crippen LogP) is -0.0999. The number of rotatable bonds is 5. The quantitative estimate of drug-likeness (QED) is 0.737. The third-order valence-corrected chi connectivity index (χ3v) is 4.70. The van der Waals surface area contributed by atoms with Gasteiger partial charge in [0.2, 0.25) is 10.0 Å². The predicted molar refractivity (Wildman–Crippen MR) is 57.6 cm³/mol. The van der Waals surface area contributed by atoms with E-state index in [1.165, 1.54) is 7.11 Å². The molecule has 16 heavy (non-hydrogen) atoms. The molecule has 1 rings (SSSR count). The number of aliphatic carboxylic acids is 1. The number of carbonyl (C=O) groups is 1. The Morgan fingerprint density at radius 3 is 2.62 bits per heavy atom. The number of hydrogen-bond donors (Lipinski definition) is 1. The molecule has 0 spiro atoms. The van der Waals surface area contributed by atoms with Crippen molar-refractivity contribution in [2.45, 2.75) is 31.9 Å². The van der Waals surface area contributed by atoms with Crippen molar-refractivity contribution in [3.05, 3.63) is 0 Å². The SMILES string of the molecule is CCCS(=O)(=O)N1CC(OC)CC1C(=O)O. The zero-order valence-corrected chi connectivity index (χ0v) is 10.2. The van der Waals surface area contributed by atoms with Crippen LogP contribution in [0.25, 0.3) is 0 Å². The topological polar surface area (TPSA) is 83.9 Å². The third kappa shape index (κ3) is 2.72. The van der Waals surface area contributed by atoms with Crippen LogP contribution in [0.4, 0.5) is 0 Å². The minimum absolute atomic E-state index is 0.0206. The fourth-order valence-electron chi connectivity index (χ4n) is 1.85. The van der Waals surface area contributed by atoms with Gasteiger partial charge >= 0.3 is 5.97 Å². The lowest BCUT2D eigenvalue weighted by Crippen LogP contribution is -2.41. The van der Waals surface area contributed by atoms with Crippen LogP contribution in [0.5, 0.6) is 0 Å². The molecule has 2 atom stereocenters. The van der Waals surface area contributed by atoms with Gasteiger partial charge in [-0.05, 0) is 6.42 Å². The van der Waals surface area contributed by atoms with Crippen molar-refractivity contribution >= 4 is 16.0 Å². The van der Waals surface area contributed by atoms with E-state index in [0.717, 1.165) is 4.31 Å². The Hall–Kier alpha value is -0.660. The Balaban J connectivity index is 2.89. The van der Waals surface area contributed by atoms with Gasteiger partial charge < -0.3 is 9.84 Å². The minimum atomic E-state index is -3.47. The van der Waals surface area contributed by atoms with Crippen molar-refractivity contribution in [3.63, 3.8) is 0 Å². The first-order valence-electron chi connectivity index (χ1n) is 5.17. The molecule has 0 aliphatic carbocycles. The van der Waals surface area contributed by atoms with Gasteiger partial charge in [0.05, 0.1) is 11.9 Å². The Morgan fingerprint density at radius 2 is 2.19 bits per heavy atom. The van der Waals surface area contributed by atoms with Crippen LogP contribution in [-0.4, -0.2) is 55.4 Å². The van der Waals surface area contributed by atoms with E-state index in [1.54, 1.807) is 6.92 Å². The molecule has 0 amide bonds. The molecule has 0 bridgehead atoms. The third-order valence-electron chi connectivity index (χ3n) is 2.66. The van der Waals surface area contributed by atoms with E-state index in [2.05, 4.69) is 0 Å². The van der Waals surface area contributed by atoms with Crippen molar-refractivity contribution in [2.75, 3.05) is 19.4 Å². The van der Waals surface area contributed by atoms with E-state index in [9.17, 15) is 13.2 Å². The number of nitrogens with zero attached hydrogens (tertiary/aromatic N) is 1. The summed E-state index contributed by atoms with van der Waals surface area (Å²) in [5, 5.41) is 8.97. The van der Waals surface area contributed by atoms with Crippen molar-refractivity contribution in [2.24, 2.45) is 0 Å². The molecule has 1 N–H and O–H groups in total. The molecule has 0 aromatic carbocycles. The highest BCUT2D eigenvalue weighted by atomic mass is 32.2. The standard InChI is InChI=1S/C9H17NO5S/c1-3-4-16(13,14)10-6-7(15-2)5-8(10)9(11)12/h7-8H,3-6H2,1-2H3,(H,11,12). The monoisotopic (exact) mass is 251 g/mol. The van der Waals surface area contributed by atoms with Gasteiger partial charge in [0.1, 0.15) is 6.04 Å². The maximum absolute atomic E-state index is 11.8. The molecule has 6 nitrogen and oxygen atoms in total. The van der Waals surface area contributed by atoms with Crippen LogP contribution in [0.3, 0.4) is 0 Å². The van der Waals surface area contributed by atoms with Gasteiger partial charge in [0, 0.05) is 20.1 Å². The van der Waals surface area contributed by atoms with Crippen molar-refractivity contribution in [1.82, 2.24) is 4.31 Å². The highest BCUT2D eigenvalue weighted by Crippen LogP contribution is 2.24. The second-order valence-corrected chi connectivity index (χ2v) is 5.87.